The first kappa shape index (κ1) is 23.8. The third-order valence-corrected chi connectivity index (χ3v) is 5.42. The van der Waals surface area contributed by atoms with Gasteiger partial charge in [-0.2, -0.15) is 0 Å². The maximum absolute atomic E-state index is 12.9. The van der Waals surface area contributed by atoms with Crippen LogP contribution in [-0.4, -0.2) is 78.8 Å². The summed E-state index contributed by atoms with van der Waals surface area (Å²) in [7, 11) is 1.86. The summed E-state index contributed by atoms with van der Waals surface area (Å²) in [6.07, 6.45) is 2.22. The van der Waals surface area contributed by atoms with E-state index in [-0.39, 0.29) is 37.2 Å². The van der Waals surface area contributed by atoms with Crippen molar-refractivity contribution in [2.75, 3.05) is 33.4 Å². The minimum atomic E-state index is -1.90. The van der Waals surface area contributed by atoms with Crippen molar-refractivity contribution in [2.45, 2.75) is 45.3 Å². The van der Waals surface area contributed by atoms with Crippen molar-refractivity contribution in [3.8, 4) is 0 Å². The Morgan fingerprint density at radius 3 is 2.77 bits per heavy atom. The molecule has 2 heterocycles. The molecule has 2 aliphatic heterocycles. The van der Waals surface area contributed by atoms with Crippen molar-refractivity contribution in [2.24, 2.45) is 5.92 Å². The van der Waals surface area contributed by atoms with Gasteiger partial charge in [0.2, 0.25) is 5.78 Å². The van der Waals surface area contributed by atoms with Gasteiger partial charge in [-0.1, -0.05) is 13.0 Å². The van der Waals surface area contributed by atoms with Gasteiger partial charge in [0.15, 0.2) is 11.7 Å². The molecule has 1 saturated heterocycles. The highest BCUT2D eigenvalue weighted by Crippen LogP contribution is 2.28. The Hall–Kier alpha value is -2.52. The summed E-state index contributed by atoms with van der Waals surface area (Å²) < 4.78 is 15.6. The van der Waals surface area contributed by atoms with E-state index in [0.717, 1.165) is 0 Å². The van der Waals surface area contributed by atoms with Gasteiger partial charge in [0.05, 0.1) is 0 Å². The van der Waals surface area contributed by atoms with Gasteiger partial charge in [-0.15, -0.1) is 0 Å². The van der Waals surface area contributed by atoms with Gasteiger partial charge in [-0.05, 0) is 32.4 Å². The summed E-state index contributed by atoms with van der Waals surface area (Å²) in [5.41, 5.74) is -1.59. The number of Topliss-reactive ketones (excluding diaryl/α,β-unsaturated/α-hetero) is 1. The third-order valence-electron chi connectivity index (χ3n) is 5.42. The lowest BCUT2D eigenvalue weighted by molar-refractivity contribution is -0.169. The Bertz CT molecular complexity index is 767. The average molecular weight is 423 g/mol. The van der Waals surface area contributed by atoms with Crippen LogP contribution in [0.4, 0.5) is 0 Å². The maximum Gasteiger partial charge on any atom is 0.338 e. The quantitative estimate of drug-likeness (QED) is 0.386. The zero-order chi connectivity index (χ0) is 22.5. The van der Waals surface area contributed by atoms with E-state index in [1.165, 1.54) is 19.9 Å². The van der Waals surface area contributed by atoms with Crippen LogP contribution in [0.3, 0.4) is 0 Å². The van der Waals surface area contributed by atoms with Crippen molar-refractivity contribution in [1.29, 1.82) is 0 Å². The molecule has 1 fully saturated rings. The molecule has 0 amide bonds. The number of fused-ring (bicyclic) bond motifs is 2. The number of cyclic esters (lactones) is 1. The molecule has 0 spiro atoms. The predicted octanol–water partition coefficient (Wildman–Crippen LogP) is 0.553. The van der Waals surface area contributed by atoms with E-state index in [1.807, 2.05) is 11.9 Å². The van der Waals surface area contributed by atoms with Crippen LogP contribution in [-0.2, 0) is 33.4 Å². The molecule has 166 valence electrons. The summed E-state index contributed by atoms with van der Waals surface area (Å²) in [5, 5.41) is 10.7. The normalized spacial score (nSPS) is 32.5. The van der Waals surface area contributed by atoms with E-state index in [2.05, 4.69) is 0 Å². The summed E-state index contributed by atoms with van der Waals surface area (Å²) >= 11 is 0. The first-order valence-corrected chi connectivity index (χ1v) is 9.87. The Labute approximate surface area is 175 Å². The fraction of sp³-hybridized carbons (Fsp3) is 0.619. The van der Waals surface area contributed by atoms with Crippen molar-refractivity contribution >= 4 is 23.7 Å². The molecule has 0 aromatic rings. The molecule has 0 radical (unpaired) electrons. The van der Waals surface area contributed by atoms with E-state index in [4.69, 9.17) is 14.2 Å². The second-order valence-corrected chi connectivity index (χ2v) is 7.90. The van der Waals surface area contributed by atoms with E-state index in [1.54, 1.807) is 13.0 Å². The van der Waals surface area contributed by atoms with Crippen LogP contribution in [0.1, 0.15) is 33.6 Å². The number of carbonyl (C=O) groups is 4. The second-order valence-electron chi connectivity index (χ2n) is 7.90. The molecular weight excluding hydrogens is 394 g/mol. The largest absolute Gasteiger partial charge is 0.462 e. The molecule has 30 heavy (non-hydrogen) atoms. The smallest absolute Gasteiger partial charge is 0.338 e. The molecule has 0 saturated carbocycles. The van der Waals surface area contributed by atoms with Gasteiger partial charge in [-0.25, -0.2) is 9.59 Å². The lowest BCUT2D eigenvalue weighted by Crippen LogP contribution is -2.45. The van der Waals surface area contributed by atoms with Gasteiger partial charge in [-0.3, -0.25) is 9.59 Å². The molecule has 3 atom stereocenters. The fourth-order valence-corrected chi connectivity index (χ4v) is 3.11. The lowest BCUT2D eigenvalue weighted by atomic mass is 9.85. The number of nitrogens with zero attached hydrogens (tertiary/aromatic N) is 1. The van der Waals surface area contributed by atoms with Crippen LogP contribution in [0.15, 0.2) is 23.3 Å². The van der Waals surface area contributed by atoms with E-state index >= 15 is 0 Å². The van der Waals surface area contributed by atoms with E-state index in [9.17, 15) is 24.3 Å². The summed E-state index contributed by atoms with van der Waals surface area (Å²) in [6.45, 7) is 4.65. The molecule has 2 aliphatic rings. The number of ether oxygens (including phenoxy) is 3. The summed E-state index contributed by atoms with van der Waals surface area (Å²) in [4.78, 5) is 51.3. The molecule has 0 unspecified atom stereocenters. The minimum Gasteiger partial charge on any atom is -0.462 e. The first-order chi connectivity index (χ1) is 14.0. The number of rotatable bonds is 2. The van der Waals surface area contributed by atoms with Crippen molar-refractivity contribution in [1.82, 2.24) is 4.90 Å². The molecule has 9 heteroatoms. The minimum absolute atomic E-state index is 0.0360. The van der Waals surface area contributed by atoms with Crippen LogP contribution < -0.4 is 0 Å². The third kappa shape index (κ3) is 5.99. The average Bonchev–Trinajstić information content (AvgIpc) is 2.67. The SMILES string of the molecule is CC(=O)OC/C=C1\C[C@@H](C)[C@](C)(O)C(=O)OC/C2=C/CN(C)CC[C@@H](OC1=O)C2=O. The van der Waals surface area contributed by atoms with Gasteiger partial charge < -0.3 is 24.2 Å². The predicted molar refractivity (Wildman–Crippen MR) is 105 cm³/mol. The molecule has 1 N–H and O–H groups in total. The fourth-order valence-electron chi connectivity index (χ4n) is 3.11. The Morgan fingerprint density at radius 2 is 2.10 bits per heavy atom. The highest BCUT2D eigenvalue weighted by atomic mass is 16.6. The zero-order valence-electron chi connectivity index (χ0n) is 17.8. The number of esters is 3. The number of hydrogen-bond donors (Lipinski definition) is 1. The number of aliphatic hydroxyl groups is 1. The Balaban J connectivity index is 2.42. The Morgan fingerprint density at radius 1 is 1.40 bits per heavy atom. The van der Waals surface area contributed by atoms with Crippen LogP contribution in [0.25, 0.3) is 0 Å². The first-order valence-electron chi connectivity index (χ1n) is 9.87. The monoisotopic (exact) mass is 423 g/mol. The number of carbonyl (C=O) groups excluding carboxylic acids is 4. The molecule has 2 rings (SSSR count). The number of ketones is 1. The van der Waals surface area contributed by atoms with Gasteiger partial charge in [0.25, 0.3) is 0 Å². The molecule has 9 nitrogen and oxygen atoms in total. The molecule has 0 aliphatic carbocycles. The summed E-state index contributed by atoms with van der Waals surface area (Å²) in [6, 6.07) is 0. The number of likely N-dealkylation sites (N-methyl/N-ethyl adjacent to an activating group) is 1. The lowest BCUT2D eigenvalue weighted by Gasteiger charge is -2.31. The van der Waals surface area contributed by atoms with Crippen LogP contribution in [0, 0.1) is 5.92 Å². The second kappa shape index (κ2) is 9.99. The maximum atomic E-state index is 12.9. The van der Waals surface area contributed by atoms with Gasteiger partial charge in [0.1, 0.15) is 13.2 Å². The topological polar surface area (TPSA) is 119 Å². The Kier molecular flexibility index (Phi) is 7.91. The van der Waals surface area contributed by atoms with E-state index in [0.29, 0.717) is 13.1 Å². The number of hydrogen-bond acceptors (Lipinski definition) is 9. The van der Waals surface area contributed by atoms with Crippen LogP contribution in [0.2, 0.25) is 0 Å². The standard InChI is InChI=1S/C21H29NO8/c1-13-11-15(7-10-28-14(2)23)19(25)30-17-6-9-22(4)8-5-16(18(17)24)12-29-20(26)21(13,3)27/h5,7,13,17,27H,6,8-12H2,1-4H3/b15-7+,16-5-/t13-,17-,21+/m1/s1. The van der Waals surface area contributed by atoms with Crippen LogP contribution >= 0.6 is 0 Å². The van der Waals surface area contributed by atoms with Crippen molar-refractivity contribution < 1.29 is 38.5 Å². The van der Waals surface area contributed by atoms with Gasteiger partial charge >= 0.3 is 17.9 Å². The zero-order valence-corrected chi connectivity index (χ0v) is 17.8. The highest BCUT2D eigenvalue weighted by molar-refractivity contribution is 6.01. The summed E-state index contributed by atoms with van der Waals surface area (Å²) in [5.74, 6) is -3.30. The van der Waals surface area contributed by atoms with Crippen molar-refractivity contribution in [3.63, 3.8) is 0 Å². The van der Waals surface area contributed by atoms with E-state index < -0.39 is 41.3 Å². The van der Waals surface area contributed by atoms with Gasteiger partial charge in [0, 0.05) is 37.6 Å². The molecule has 0 aromatic carbocycles. The highest BCUT2D eigenvalue weighted by Gasteiger charge is 2.41. The van der Waals surface area contributed by atoms with Crippen molar-refractivity contribution in [3.05, 3.63) is 23.3 Å². The molecule has 0 aromatic heterocycles. The molecule has 2 bridgehead atoms. The molecular formula is C21H29NO8. The van der Waals surface area contributed by atoms with Crippen LogP contribution in [0.5, 0.6) is 0 Å².